The molecular formula is C38H44O10. The van der Waals surface area contributed by atoms with Gasteiger partial charge in [0.05, 0.1) is 22.3 Å². The average molecular weight is 661 g/mol. The molecule has 7 aliphatic rings. The maximum Gasteiger partial charge on any atom is 0.298 e. The van der Waals surface area contributed by atoms with Gasteiger partial charge in [-0.25, -0.2) is 0 Å². The lowest BCUT2D eigenvalue weighted by Crippen LogP contribution is -2.72. The number of phenols is 1. The van der Waals surface area contributed by atoms with Crippen molar-refractivity contribution in [3.8, 4) is 17.2 Å². The number of hydrogen-bond acceptors (Lipinski definition) is 10. The van der Waals surface area contributed by atoms with Crippen molar-refractivity contribution in [2.45, 2.75) is 121 Å². The lowest BCUT2D eigenvalue weighted by atomic mass is 9.51. The zero-order valence-corrected chi connectivity index (χ0v) is 28.8. The summed E-state index contributed by atoms with van der Waals surface area (Å²) >= 11 is 0. The van der Waals surface area contributed by atoms with E-state index in [4.69, 9.17) is 23.7 Å². The summed E-state index contributed by atoms with van der Waals surface area (Å²) in [7, 11) is 0. The summed E-state index contributed by atoms with van der Waals surface area (Å²) < 4.78 is 31.5. The molecule has 1 saturated carbocycles. The van der Waals surface area contributed by atoms with E-state index in [1.807, 2.05) is 54.5 Å². The van der Waals surface area contributed by atoms with Crippen LogP contribution in [0.15, 0.2) is 41.2 Å². The second-order valence-corrected chi connectivity index (χ2v) is 15.6. The van der Waals surface area contributed by atoms with Gasteiger partial charge in [-0.15, -0.1) is 0 Å². The fourth-order valence-corrected chi connectivity index (χ4v) is 8.82. The summed E-state index contributed by atoms with van der Waals surface area (Å²) in [4.78, 5) is 40.3. The highest BCUT2D eigenvalue weighted by Crippen LogP contribution is 2.69. The van der Waals surface area contributed by atoms with Gasteiger partial charge < -0.3 is 33.9 Å². The molecule has 0 aromatic heterocycles. The number of hydrogen-bond donors (Lipinski definition) is 2. The van der Waals surface area contributed by atoms with E-state index in [9.17, 15) is 24.6 Å². The fraction of sp³-hybridized carbons (Fsp3) is 0.553. The number of ketones is 2. The van der Waals surface area contributed by atoms with Crippen LogP contribution < -0.4 is 9.47 Å². The lowest BCUT2D eigenvalue weighted by Gasteiger charge is -2.56. The number of rotatable bonds is 9. The molecule has 10 nitrogen and oxygen atoms in total. The van der Waals surface area contributed by atoms with Crippen LogP contribution in [-0.2, 0) is 23.8 Å². The first kappa shape index (κ1) is 32.8. The number of carbonyl (C=O) groups is 3. The Hall–Kier alpha value is -3.73. The fourth-order valence-electron chi connectivity index (χ4n) is 8.82. The molecule has 0 amide bonds. The quantitative estimate of drug-likeness (QED) is 0.141. The third-order valence-electron chi connectivity index (χ3n) is 11.2. The number of aliphatic hydroxyl groups is 1. The molecule has 10 heteroatoms. The highest BCUT2D eigenvalue weighted by Gasteiger charge is 2.81. The van der Waals surface area contributed by atoms with Crippen LogP contribution in [-0.4, -0.2) is 62.4 Å². The van der Waals surface area contributed by atoms with Crippen molar-refractivity contribution in [3.63, 3.8) is 0 Å². The minimum atomic E-state index is -1.66. The molecule has 2 N–H and O–H groups in total. The molecule has 1 aromatic carbocycles. The summed E-state index contributed by atoms with van der Waals surface area (Å²) in [6.07, 6.45) is 8.76. The number of benzene rings is 1. The number of Topliss-reactive ketones (excluding diaryl/α,β-unsaturated/α-hetero) is 2. The topological polar surface area (TPSA) is 141 Å². The SMILES string of the molecule is CC(C)=CCC[C@]1(C)C=Cc2c(O)c3c(c(C(O)C4OC4(C)C)c2O1)O[C@]12C(=C[C@@H]4CC1C(C)(C)OC2(C/C=C(/C)OC=O)C4=O)C3=O. The van der Waals surface area contributed by atoms with E-state index in [1.165, 1.54) is 5.57 Å². The molecule has 0 radical (unpaired) electrons. The number of ether oxygens (including phenoxy) is 5. The Bertz CT molecular complexity index is 1770. The van der Waals surface area contributed by atoms with Crippen molar-refractivity contribution in [1.29, 1.82) is 0 Å². The Kier molecular flexibility index (Phi) is 7.10. The Morgan fingerprint density at radius 1 is 1.06 bits per heavy atom. The molecule has 3 aliphatic carbocycles. The van der Waals surface area contributed by atoms with Crippen LogP contribution in [0.1, 0.15) is 109 Å². The zero-order chi connectivity index (χ0) is 34.8. The first-order valence-electron chi connectivity index (χ1n) is 16.7. The molecule has 8 rings (SSSR count). The largest absolute Gasteiger partial charge is 0.506 e. The van der Waals surface area contributed by atoms with Crippen molar-refractivity contribution in [2.24, 2.45) is 11.8 Å². The van der Waals surface area contributed by atoms with Gasteiger partial charge in [-0.3, -0.25) is 14.4 Å². The first-order valence-corrected chi connectivity index (χ1v) is 16.7. The number of phenolic OH excluding ortho intramolecular Hbond substituents is 1. The smallest absolute Gasteiger partial charge is 0.298 e. The number of carbonyl (C=O) groups excluding carboxylic acids is 3. The lowest BCUT2D eigenvalue weighted by molar-refractivity contribution is -0.171. The molecule has 4 heterocycles. The van der Waals surface area contributed by atoms with Crippen LogP contribution >= 0.6 is 0 Å². The second-order valence-electron chi connectivity index (χ2n) is 15.6. The minimum absolute atomic E-state index is 0.0306. The van der Waals surface area contributed by atoms with Gasteiger partial charge >= 0.3 is 0 Å². The van der Waals surface area contributed by atoms with E-state index in [2.05, 4.69) is 6.08 Å². The predicted octanol–water partition coefficient (Wildman–Crippen LogP) is 5.99. The number of fused-ring (bicyclic) bond motifs is 2. The van der Waals surface area contributed by atoms with E-state index in [0.29, 0.717) is 19.3 Å². The maximum atomic E-state index is 14.8. The predicted molar refractivity (Wildman–Crippen MR) is 175 cm³/mol. The van der Waals surface area contributed by atoms with Gasteiger partial charge in [-0.05, 0) is 92.9 Å². The first-order chi connectivity index (χ1) is 22.4. The highest BCUT2D eigenvalue weighted by atomic mass is 16.6. The van der Waals surface area contributed by atoms with Crippen LogP contribution in [0.5, 0.6) is 17.2 Å². The van der Waals surface area contributed by atoms with Crippen LogP contribution in [0.25, 0.3) is 6.08 Å². The van der Waals surface area contributed by atoms with E-state index in [1.54, 1.807) is 25.2 Å². The maximum absolute atomic E-state index is 14.8. The van der Waals surface area contributed by atoms with Crippen molar-refractivity contribution >= 4 is 24.1 Å². The molecule has 7 atom stereocenters. The normalized spacial score (nSPS) is 35.0. The molecule has 4 aliphatic heterocycles. The number of aliphatic hydroxyl groups excluding tert-OH is 1. The van der Waals surface area contributed by atoms with E-state index >= 15 is 0 Å². The summed E-state index contributed by atoms with van der Waals surface area (Å²) in [5, 5.41) is 23.9. The number of allylic oxidation sites excluding steroid dienone is 4. The van der Waals surface area contributed by atoms with Gasteiger partial charge in [0.15, 0.2) is 22.8 Å². The summed E-state index contributed by atoms with van der Waals surface area (Å²) in [6.45, 7) is 15.4. The summed E-state index contributed by atoms with van der Waals surface area (Å²) in [5.74, 6) is -1.67. The Balaban J connectivity index is 1.46. The third-order valence-corrected chi connectivity index (χ3v) is 11.2. The monoisotopic (exact) mass is 660 g/mol. The number of aromatic hydroxyl groups is 1. The molecular weight excluding hydrogens is 616 g/mol. The van der Waals surface area contributed by atoms with E-state index in [-0.39, 0.29) is 57.5 Å². The van der Waals surface area contributed by atoms with Crippen molar-refractivity contribution in [1.82, 2.24) is 0 Å². The molecule has 4 bridgehead atoms. The Morgan fingerprint density at radius 2 is 1.77 bits per heavy atom. The second kappa shape index (κ2) is 10.4. The van der Waals surface area contributed by atoms with Gasteiger partial charge in [0.2, 0.25) is 0 Å². The van der Waals surface area contributed by atoms with Crippen molar-refractivity contribution in [3.05, 3.63) is 57.9 Å². The molecule has 256 valence electrons. The Labute approximate surface area is 280 Å². The van der Waals surface area contributed by atoms with E-state index in [0.717, 1.165) is 6.42 Å². The molecule has 1 aromatic rings. The van der Waals surface area contributed by atoms with Gasteiger partial charge in [-0.1, -0.05) is 17.7 Å². The molecule has 2 saturated heterocycles. The minimum Gasteiger partial charge on any atom is -0.506 e. The molecule has 1 spiro atoms. The summed E-state index contributed by atoms with van der Waals surface area (Å²) in [5.41, 5.74) is -3.84. The standard InChI is InChI=1S/C38H44O10/c1-19(2)10-9-13-36(8)14-12-22-27(40)25-28(41)23-16-21-17-24-34(4,5)48-37(32(21)43,15-11-20(3)44-18-39)38(23,24)46-31(25)26(30(22)45-36)29(42)33-35(6,7)47-33/h10-12,14,16,18,21,24,29,33,40,42H,9,13,15,17H2,1-8H3/b20-11-/t21-,24?,29?,33?,36-,37?,38-/m1/s1. The molecule has 4 unspecified atom stereocenters. The van der Waals surface area contributed by atoms with Crippen molar-refractivity contribution in [2.75, 3.05) is 0 Å². The van der Waals surface area contributed by atoms with Crippen LogP contribution in [0.2, 0.25) is 0 Å². The average Bonchev–Trinajstić information content (AvgIpc) is 3.60. The Morgan fingerprint density at radius 3 is 2.42 bits per heavy atom. The van der Waals surface area contributed by atoms with Crippen LogP contribution in [0.4, 0.5) is 0 Å². The van der Waals surface area contributed by atoms with Crippen LogP contribution in [0, 0.1) is 11.8 Å². The summed E-state index contributed by atoms with van der Waals surface area (Å²) in [6, 6.07) is 0. The molecule has 48 heavy (non-hydrogen) atoms. The van der Waals surface area contributed by atoms with E-state index < -0.39 is 57.8 Å². The molecule has 3 fully saturated rings. The van der Waals surface area contributed by atoms with Gasteiger partial charge in [0.25, 0.3) is 6.47 Å². The van der Waals surface area contributed by atoms with Gasteiger partial charge in [0, 0.05) is 23.8 Å². The van der Waals surface area contributed by atoms with Gasteiger partial charge in [0.1, 0.15) is 46.4 Å². The third kappa shape index (κ3) is 4.38. The number of epoxide rings is 1. The highest BCUT2D eigenvalue weighted by molar-refractivity contribution is 6.19. The van der Waals surface area contributed by atoms with Crippen molar-refractivity contribution < 1.29 is 48.3 Å². The van der Waals surface area contributed by atoms with Crippen LogP contribution in [0.3, 0.4) is 0 Å². The van der Waals surface area contributed by atoms with Gasteiger partial charge in [-0.2, -0.15) is 0 Å². The zero-order valence-electron chi connectivity index (χ0n) is 28.8.